The van der Waals surface area contributed by atoms with Gasteiger partial charge in [-0.05, 0) is 27.7 Å². The van der Waals surface area contributed by atoms with E-state index < -0.39 is 42.0 Å². The van der Waals surface area contributed by atoms with E-state index in [2.05, 4.69) is 0 Å². The van der Waals surface area contributed by atoms with Crippen LogP contribution in [0.1, 0.15) is 40.5 Å². The lowest BCUT2D eigenvalue weighted by atomic mass is 9.69. The number of nitrogens with two attached hydrogens (primary N) is 1. The van der Waals surface area contributed by atoms with Crippen LogP contribution in [0.4, 0.5) is 13.6 Å². The minimum absolute atomic E-state index is 0.395. The fourth-order valence-corrected chi connectivity index (χ4v) is 2.08. The molecular formula is C12H22F2N2O2. The molecule has 106 valence electrons. The summed E-state index contributed by atoms with van der Waals surface area (Å²) in [6.07, 6.45) is -1.34. The molecule has 0 aliphatic heterocycles. The van der Waals surface area contributed by atoms with Crippen LogP contribution in [-0.4, -0.2) is 41.1 Å². The molecule has 1 aliphatic carbocycles. The molecule has 2 N–H and O–H groups in total. The zero-order valence-corrected chi connectivity index (χ0v) is 11.6. The average Bonchev–Trinajstić information content (AvgIpc) is 2.09. The molecule has 0 radical (unpaired) electrons. The van der Waals surface area contributed by atoms with Gasteiger partial charge in [-0.1, -0.05) is 0 Å². The molecule has 1 aliphatic rings. The molecule has 0 spiro atoms. The fourth-order valence-electron chi connectivity index (χ4n) is 2.08. The Balaban J connectivity index is 2.62. The highest BCUT2D eigenvalue weighted by Crippen LogP contribution is 2.46. The first-order valence-corrected chi connectivity index (χ1v) is 5.99. The van der Waals surface area contributed by atoms with Gasteiger partial charge in [0.25, 0.3) is 5.92 Å². The van der Waals surface area contributed by atoms with E-state index in [0.717, 1.165) is 0 Å². The molecule has 0 bridgehead atoms. The molecule has 0 aromatic heterocycles. The van der Waals surface area contributed by atoms with Crippen LogP contribution in [-0.2, 0) is 4.74 Å². The standard InChI is InChI=1S/C12H22F2N2O2/c1-8(11(15)6-12(13,14)7-11)16(5)9(17)18-10(2,3)4/h8H,6-7,15H2,1-5H3. The molecule has 1 saturated carbocycles. The topological polar surface area (TPSA) is 55.6 Å². The maximum absolute atomic E-state index is 12.9. The van der Waals surface area contributed by atoms with Crippen molar-refractivity contribution >= 4 is 6.09 Å². The van der Waals surface area contributed by atoms with Crippen LogP contribution in [0.25, 0.3) is 0 Å². The van der Waals surface area contributed by atoms with E-state index >= 15 is 0 Å². The molecule has 1 amide bonds. The number of amides is 1. The lowest BCUT2D eigenvalue weighted by Gasteiger charge is -2.50. The van der Waals surface area contributed by atoms with Crippen LogP contribution in [0.3, 0.4) is 0 Å². The zero-order chi connectivity index (χ0) is 14.4. The number of alkyl halides is 2. The first kappa shape index (κ1) is 15.1. The predicted molar refractivity (Wildman–Crippen MR) is 64.6 cm³/mol. The van der Waals surface area contributed by atoms with Crippen molar-refractivity contribution in [3.05, 3.63) is 0 Å². The number of hydrogen-bond acceptors (Lipinski definition) is 3. The van der Waals surface area contributed by atoms with Gasteiger partial charge in [0.05, 0.1) is 6.04 Å². The molecule has 1 fully saturated rings. The summed E-state index contributed by atoms with van der Waals surface area (Å²) in [5, 5.41) is 0. The monoisotopic (exact) mass is 264 g/mol. The van der Waals surface area contributed by atoms with Crippen molar-refractivity contribution < 1.29 is 18.3 Å². The molecule has 0 aromatic carbocycles. The first-order chi connectivity index (χ1) is 7.86. The lowest BCUT2D eigenvalue weighted by molar-refractivity contribution is -0.140. The third-order valence-electron chi connectivity index (χ3n) is 3.27. The molecule has 1 atom stereocenters. The van der Waals surface area contributed by atoms with Gasteiger partial charge in [-0.3, -0.25) is 0 Å². The van der Waals surface area contributed by atoms with Gasteiger partial charge in [0.2, 0.25) is 0 Å². The van der Waals surface area contributed by atoms with E-state index in [-0.39, 0.29) is 0 Å². The second-order valence-electron chi connectivity index (χ2n) is 6.21. The summed E-state index contributed by atoms with van der Waals surface area (Å²) in [6.45, 7) is 6.91. The van der Waals surface area contributed by atoms with Gasteiger partial charge >= 0.3 is 6.09 Å². The maximum Gasteiger partial charge on any atom is 0.410 e. The van der Waals surface area contributed by atoms with Gasteiger partial charge in [0, 0.05) is 25.4 Å². The number of carbonyl (C=O) groups excluding carboxylic acids is 1. The molecule has 0 aromatic rings. The van der Waals surface area contributed by atoms with E-state index in [9.17, 15) is 13.6 Å². The van der Waals surface area contributed by atoms with Gasteiger partial charge in [-0.15, -0.1) is 0 Å². The Kier molecular flexibility index (Phi) is 3.64. The Morgan fingerprint density at radius 1 is 1.39 bits per heavy atom. The Bertz CT molecular complexity index is 331. The Hall–Kier alpha value is -0.910. The summed E-state index contributed by atoms with van der Waals surface area (Å²) in [5.74, 6) is -2.71. The largest absolute Gasteiger partial charge is 0.444 e. The van der Waals surface area contributed by atoms with Crippen molar-refractivity contribution in [3.8, 4) is 0 Å². The van der Waals surface area contributed by atoms with E-state index in [0.29, 0.717) is 0 Å². The van der Waals surface area contributed by atoms with Gasteiger partial charge in [0.15, 0.2) is 0 Å². The third kappa shape index (κ3) is 3.31. The van der Waals surface area contributed by atoms with E-state index in [1.807, 2.05) is 0 Å². The number of likely N-dealkylation sites (N-methyl/N-ethyl adjacent to an activating group) is 1. The Morgan fingerprint density at radius 2 is 1.83 bits per heavy atom. The summed E-state index contributed by atoms with van der Waals surface area (Å²) in [5.41, 5.74) is 4.25. The van der Waals surface area contributed by atoms with Gasteiger partial charge < -0.3 is 15.4 Å². The molecule has 0 heterocycles. The second kappa shape index (κ2) is 4.33. The molecule has 1 unspecified atom stereocenters. The van der Waals surface area contributed by atoms with Crippen LogP contribution >= 0.6 is 0 Å². The molecule has 0 saturated heterocycles. The molecule has 18 heavy (non-hydrogen) atoms. The van der Waals surface area contributed by atoms with Crippen LogP contribution in [0.15, 0.2) is 0 Å². The van der Waals surface area contributed by atoms with E-state index in [4.69, 9.17) is 10.5 Å². The predicted octanol–water partition coefficient (Wildman–Crippen LogP) is 2.37. The minimum Gasteiger partial charge on any atom is -0.444 e. The summed E-state index contributed by atoms with van der Waals surface area (Å²) >= 11 is 0. The molecule has 6 heteroatoms. The number of halogens is 2. The van der Waals surface area contributed by atoms with Crippen LogP contribution in [0, 0.1) is 0 Å². The SMILES string of the molecule is CC(N(C)C(=O)OC(C)(C)C)C1(N)CC(F)(F)C1. The van der Waals surface area contributed by atoms with Gasteiger partial charge in [-0.25, -0.2) is 13.6 Å². The molecule has 1 rings (SSSR count). The van der Waals surface area contributed by atoms with E-state index in [1.54, 1.807) is 27.7 Å². The highest BCUT2D eigenvalue weighted by atomic mass is 19.3. The van der Waals surface area contributed by atoms with Crippen LogP contribution in [0.5, 0.6) is 0 Å². The van der Waals surface area contributed by atoms with Crippen molar-refractivity contribution in [1.29, 1.82) is 0 Å². The summed E-state index contributed by atoms with van der Waals surface area (Å²) in [4.78, 5) is 13.1. The minimum atomic E-state index is -2.71. The quantitative estimate of drug-likeness (QED) is 0.833. The summed E-state index contributed by atoms with van der Waals surface area (Å²) in [6, 6.07) is -0.494. The fraction of sp³-hybridized carbons (Fsp3) is 0.917. The second-order valence-corrected chi connectivity index (χ2v) is 6.21. The number of carbonyl (C=O) groups is 1. The number of hydrogen-bond donors (Lipinski definition) is 1. The Labute approximate surface area is 106 Å². The van der Waals surface area contributed by atoms with Crippen molar-refractivity contribution in [3.63, 3.8) is 0 Å². The van der Waals surface area contributed by atoms with Crippen LogP contribution in [0.2, 0.25) is 0 Å². The van der Waals surface area contributed by atoms with Gasteiger partial charge in [-0.2, -0.15) is 0 Å². The number of nitrogens with zero attached hydrogens (tertiary/aromatic N) is 1. The van der Waals surface area contributed by atoms with E-state index in [1.165, 1.54) is 11.9 Å². The van der Waals surface area contributed by atoms with Gasteiger partial charge in [0.1, 0.15) is 5.60 Å². The highest BCUT2D eigenvalue weighted by Gasteiger charge is 2.58. The average molecular weight is 264 g/mol. The molecule has 4 nitrogen and oxygen atoms in total. The first-order valence-electron chi connectivity index (χ1n) is 5.99. The zero-order valence-electron chi connectivity index (χ0n) is 11.6. The third-order valence-corrected chi connectivity index (χ3v) is 3.27. The summed E-state index contributed by atoms with van der Waals surface area (Å²) < 4.78 is 31.0. The highest BCUT2D eigenvalue weighted by molar-refractivity contribution is 5.68. The number of rotatable bonds is 2. The van der Waals surface area contributed by atoms with Crippen molar-refractivity contribution in [1.82, 2.24) is 4.90 Å². The normalized spacial score (nSPS) is 22.9. The maximum atomic E-state index is 12.9. The van der Waals surface area contributed by atoms with Crippen molar-refractivity contribution in [2.75, 3.05) is 7.05 Å². The smallest absolute Gasteiger partial charge is 0.410 e. The number of ether oxygens (including phenoxy) is 1. The van der Waals surface area contributed by atoms with Crippen LogP contribution < -0.4 is 5.73 Å². The summed E-state index contributed by atoms with van der Waals surface area (Å²) in [7, 11) is 1.52. The molecular weight excluding hydrogens is 242 g/mol. The van der Waals surface area contributed by atoms with Crippen molar-refractivity contribution in [2.45, 2.75) is 63.6 Å². The lowest BCUT2D eigenvalue weighted by Crippen LogP contribution is -2.68. The van der Waals surface area contributed by atoms with Crippen molar-refractivity contribution in [2.24, 2.45) is 5.73 Å². The Morgan fingerprint density at radius 3 is 2.17 bits per heavy atom.